The van der Waals surface area contributed by atoms with Crippen LogP contribution >= 0.6 is 11.3 Å². The average Bonchev–Trinajstić information content (AvgIpc) is 3.31. The summed E-state index contributed by atoms with van der Waals surface area (Å²) in [6, 6.07) is 12.5. The van der Waals surface area contributed by atoms with Gasteiger partial charge in [0.2, 0.25) is 5.91 Å². The summed E-state index contributed by atoms with van der Waals surface area (Å²) < 4.78 is 10.4. The van der Waals surface area contributed by atoms with Gasteiger partial charge in [0.25, 0.3) is 0 Å². The van der Waals surface area contributed by atoms with Crippen LogP contribution in [-0.2, 0) is 4.79 Å². The van der Waals surface area contributed by atoms with Gasteiger partial charge in [-0.05, 0) is 30.3 Å². The average molecular weight is 364 g/mol. The van der Waals surface area contributed by atoms with Gasteiger partial charge in [0, 0.05) is 16.8 Å². The second-order valence-corrected chi connectivity index (χ2v) is 6.22. The molecule has 26 heavy (non-hydrogen) atoms. The van der Waals surface area contributed by atoms with Crippen molar-refractivity contribution < 1.29 is 13.6 Å². The van der Waals surface area contributed by atoms with Gasteiger partial charge in [0.15, 0.2) is 5.13 Å². The van der Waals surface area contributed by atoms with Crippen molar-refractivity contribution in [2.75, 3.05) is 5.32 Å². The summed E-state index contributed by atoms with van der Waals surface area (Å²) in [5.41, 5.74) is 0.865. The van der Waals surface area contributed by atoms with Gasteiger partial charge in [-0.1, -0.05) is 18.2 Å². The standard InChI is InChI=1S/C19H12N2O4S/c22-17(8-7-13-5-3-9-24-13)21-19-20-15(11-26-19)14-10-12-4-1-2-6-16(12)25-18(14)23/h1-11H,(H,20,21,22). The van der Waals surface area contributed by atoms with Crippen molar-refractivity contribution in [2.24, 2.45) is 0 Å². The number of rotatable bonds is 4. The molecule has 4 rings (SSSR count). The molecule has 0 aliphatic heterocycles. The minimum Gasteiger partial charge on any atom is -0.465 e. The molecule has 6 nitrogen and oxygen atoms in total. The van der Waals surface area contributed by atoms with E-state index in [0.29, 0.717) is 27.7 Å². The quantitative estimate of drug-likeness (QED) is 0.434. The predicted molar refractivity (Wildman–Crippen MR) is 100.0 cm³/mol. The van der Waals surface area contributed by atoms with Gasteiger partial charge in [0.1, 0.15) is 11.3 Å². The minimum absolute atomic E-state index is 0.340. The van der Waals surface area contributed by atoms with Crippen LogP contribution in [0.15, 0.2) is 73.8 Å². The highest BCUT2D eigenvalue weighted by Gasteiger charge is 2.12. The molecule has 1 N–H and O–H groups in total. The number of aromatic nitrogens is 1. The molecule has 0 spiro atoms. The molecule has 1 aromatic carbocycles. The van der Waals surface area contributed by atoms with E-state index in [1.165, 1.54) is 23.7 Å². The van der Waals surface area contributed by atoms with Crippen LogP contribution in [0.2, 0.25) is 0 Å². The van der Waals surface area contributed by atoms with Crippen LogP contribution < -0.4 is 10.9 Å². The van der Waals surface area contributed by atoms with Crippen molar-refractivity contribution in [3.63, 3.8) is 0 Å². The van der Waals surface area contributed by atoms with Gasteiger partial charge in [-0.15, -0.1) is 11.3 Å². The summed E-state index contributed by atoms with van der Waals surface area (Å²) in [5, 5.41) is 5.56. The van der Waals surface area contributed by atoms with Crippen LogP contribution in [0.3, 0.4) is 0 Å². The summed E-state index contributed by atoms with van der Waals surface area (Å²) >= 11 is 1.23. The molecule has 128 valence electrons. The van der Waals surface area contributed by atoms with Crippen LogP contribution in [0, 0.1) is 0 Å². The van der Waals surface area contributed by atoms with Crippen molar-refractivity contribution in [1.82, 2.24) is 4.98 Å². The number of nitrogens with one attached hydrogen (secondary N) is 1. The summed E-state index contributed by atoms with van der Waals surface area (Å²) in [7, 11) is 0. The Morgan fingerprint density at radius 2 is 2.08 bits per heavy atom. The third-order valence-electron chi connectivity index (χ3n) is 3.59. The number of para-hydroxylation sites is 1. The van der Waals surface area contributed by atoms with Gasteiger partial charge in [-0.3, -0.25) is 10.1 Å². The third-order valence-corrected chi connectivity index (χ3v) is 4.35. The highest BCUT2D eigenvalue weighted by atomic mass is 32.1. The van der Waals surface area contributed by atoms with Gasteiger partial charge < -0.3 is 8.83 Å². The van der Waals surface area contributed by atoms with E-state index in [1.807, 2.05) is 12.1 Å². The first-order valence-electron chi connectivity index (χ1n) is 7.70. The Kier molecular flexibility index (Phi) is 4.20. The molecule has 3 heterocycles. The Hall–Kier alpha value is -3.45. The molecular weight excluding hydrogens is 352 g/mol. The highest BCUT2D eigenvalue weighted by Crippen LogP contribution is 2.25. The zero-order valence-corrected chi connectivity index (χ0v) is 14.2. The molecule has 7 heteroatoms. The molecule has 0 radical (unpaired) electrons. The molecule has 0 saturated heterocycles. The number of hydrogen-bond acceptors (Lipinski definition) is 6. The Labute approximate surface area is 151 Å². The zero-order valence-electron chi connectivity index (χ0n) is 13.3. The number of hydrogen-bond donors (Lipinski definition) is 1. The predicted octanol–water partition coefficient (Wildman–Crippen LogP) is 4.16. The minimum atomic E-state index is -0.468. The van der Waals surface area contributed by atoms with E-state index in [-0.39, 0.29) is 5.91 Å². The Morgan fingerprint density at radius 3 is 2.92 bits per heavy atom. The maximum atomic E-state index is 12.2. The molecular formula is C19H12N2O4S. The van der Waals surface area contributed by atoms with Crippen molar-refractivity contribution in [3.05, 3.63) is 76.4 Å². The Bertz CT molecular complexity index is 1160. The normalized spacial score (nSPS) is 11.2. The SMILES string of the molecule is O=C(C=Cc1ccco1)Nc1nc(-c2cc3ccccc3oc2=O)cs1. The topological polar surface area (TPSA) is 85.3 Å². The number of fused-ring (bicyclic) bond motifs is 1. The number of furan rings is 1. The maximum absolute atomic E-state index is 12.2. The van der Waals surface area contributed by atoms with Crippen LogP contribution in [0.5, 0.6) is 0 Å². The number of anilines is 1. The van der Waals surface area contributed by atoms with Crippen LogP contribution in [0.4, 0.5) is 5.13 Å². The lowest BCUT2D eigenvalue weighted by Crippen LogP contribution is -2.07. The van der Waals surface area contributed by atoms with E-state index in [2.05, 4.69) is 10.3 Å². The summed E-state index contributed by atoms with van der Waals surface area (Å²) in [6.07, 6.45) is 4.44. The lowest BCUT2D eigenvalue weighted by atomic mass is 10.1. The lowest BCUT2D eigenvalue weighted by molar-refractivity contribution is -0.111. The zero-order chi connectivity index (χ0) is 17.9. The van der Waals surface area contributed by atoms with Crippen molar-refractivity contribution in [1.29, 1.82) is 0 Å². The van der Waals surface area contributed by atoms with Crippen molar-refractivity contribution in [2.45, 2.75) is 0 Å². The van der Waals surface area contributed by atoms with Crippen molar-refractivity contribution >= 4 is 39.4 Å². The molecule has 0 saturated carbocycles. The highest BCUT2D eigenvalue weighted by molar-refractivity contribution is 7.14. The fourth-order valence-electron chi connectivity index (χ4n) is 2.39. The molecule has 0 aliphatic carbocycles. The number of thiazole rings is 1. The van der Waals surface area contributed by atoms with Gasteiger partial charge in [-0.2, -0.15) is 0 Å². The van der Waals surface area contributed by atoms with E-state index >= 15 is 0 Å². The fraction of sp³-hybridized carbons (Fsp3) is 0. The first-order valence-corrected chi connectivity index (χ1v) is 8.58. The van der Waals surface area contributed by atoms with Crippen LogP contribution in [-0.4, -0.2) is 10.9 Å². The van der Waals surface area contributed by atoms with Gasteiger partial charge in [0.05, 0.1) is 17.5 Å². The Morgan fingerprint density at radius 1 is 1.19 bits per heavy atom. The summed E-state index contributed by atoms with van der Waals surface area (Å²) in [5.74, 6) is 0.238. The van der Waals surface area contributed by atoms with E-state index < -0.39 is 5.63 Å². The van der Waals surface area contributed by atoms with E-state index in [0.717, 1.165) is 5.39 Å². The second-order valence-electron chi connectivity index (χ2n) is 5.36. The number of benzene rings is 1. The Balaban J connectivity index is 1.55. The molecule has 0 unspecified atom stereocenters. The first kappa shape index (κ1) is 16.0. The van der Waals surface area contributed by atoms with Gasteiger partial charge >= 0.3 is 5.63 Å². The number of amides is 1. The molecule has 3 aromatic heterocycles. The maximum Gasteiger partial charge on any atom is 0.345 e. The molecule has 1 amide bonds. The monoisotopic (exact) mass is 364 g/mol. The molecule has 0 bridgehead atoms. The van der Waals surface area contributed by atoms with E-state index in [1.54, 1.807) is 41.8 Å². The fourth-order valence-corrected chi connectivity index (χ4v) is 3.10. The smallest absolute Gasteiger partial charge is 0.345 e. The number of carbonyl (C=O) groups is 1. The molecule has 0 atom stereocenters. The largest absolute Gasteiger partial charge is 0.465 e. The molecule has 4 aromatic rings. The first-order chi connectivity index (χ1) is 12.7. The van der Waals surface area contributed by atoms with E-state index in [9.17, 15) is 9.59 Å². The van der Waals surface area contributed by atoms with Crippen LogP contribution in [0.1, 0.15) is 5.76 Å². The summed E-state index contributed by atoms with van der Waals surface area (Å²) in [4.78, 5) is 28.4. The van der Waals surface area contributed by atoms with Gasteiger partial charge in [-0.25, -0.2) is 9.78 Å². The van der Waals surface area contributed by atoms with E-state index in [4.69, 9.17) is 8.83 Å². The summed E-state index contributed by atoms with van der Waals surface area (Å²) in [6.45, 7) is 0. The second kappa shape index (κ2) is 6.81. The lowest BCUT2D eigenvalue weighted by Gasteiger charge is -1.99. The third kappa shape index (κ3) is 3.33. The number of nitrogens with zero attached hydrogens (tertiary/aromatic N) is 1. The van der Waals surface area contributed by atoms with Crippen molar-refractivity contribution in [3.8, 4) is 11.3 Å². The number of carbonyl (C=O) groups excluding carboxylic acids is 1. The van der Waals surface area contributed by atoms with Crippen LogP contribution in [0.25, 0.3) is 28.3 Å². The molecule has 0 aliphatic rings. The molecule has 0 fully saturated rings.